The Balaban J connectivity index is 2.38. The van der Waals surface area contributed by atoms with Crippen molar-refractivity contribution in [3.63, 3.8) is 0 Å². The van der Waals surface area contributed by atoms with Crippen molar-refractivity contribution >= 4 is 11.3 Å². The molecule has 11 heavy (non-hydrogen) atoms. The van der Waals surface area contributed by atoms with E-state index in [4.69, 9.17) is 0 Å². The lowest BCUT2D eigenvalue weighted by Gasteiger charge is -2.29. The number of hydrogen-bond acceptors (Lipinski definition) is 2. The van der Waals surface area contributed by atoms with Crippen LogP contribution in [-0.4, -0.2) is 18.5 Å². The first kappa shape index (κ1) is 7.32. The Morgan fingerprint density at radius 3 is 3.27 bits per heavy atom. The third-order valence-electron chi connectivity index (χ3n) is 2.56. The lowest BCUT2D eigenvalue weighted by Crippen LogP contribution is -2.28. The Hall–Kier alpha value is -0.340. The Labute approximate surface area is 71.7 Å². The van der Waals surface area contributed by atoms with E-state index in [1.54, 1.807) is 10.4 Å². The van der Waals surface area contributed by atoms with E-state index in [2.05, 4.69) is 30.3 Å². The summed E-state index contributed by atoms with van der Waals surface area (Å²) in [5, 5.41) is 2.21. The first-order valence-electron chi connectivity index (χ1n) is 4.05. The van der Waals surface area contributed by atoms with Crippen molar-refractivity contribution in [3.8, 4) is 0 Å². The standard InChI is InChI=1S/C9H13NS/c1-7-9-8(4-6-11-9)3-5-10(7)2/h4,6-7H,3,5H2,1-2H3. The van der Waals surface area contributed by atoms with Gasteiger partial charge in [0.25, 0.3) is 0 Å². The summed E-state index contributed by atoms with van der Waals surface area (Å²) in [4.78, 5) is 3.98. The van der Waals surface area contributed by atoms with Gasteiger partial charge in [-0.25, -0.2) is 0 Å². The molecule has 1 unspecified atom stereocenters. The van der Waals surface area contributed by atoms with Gasteiger partial charge in [-0.05, 0) is 37.4 Å². The summed E-state index contributed by atoms with van der Waals surface area (Å²) in [6.07, 6.45) is 1.24. The van der Waals surface area contributed by atoms with Crippen LogP contribution in [0.5, 0.6) is 0 Å². The molecule has 0 amide bonds. The molecule has 0 saturated carbocycles. The van der Waals surface area contributed by atoms with E-state index in [-0.39, 0.29) is 0 Å². The van der Waals surface area contributed by atoms with Gasteiger partial charge in [0.1, 0.15) is 0 Å². The van der Waals surface area contributed by atoms with Crippen LogP contribution in [0, 0.1) is 0 Å². The fourth-order valence-corrected chi connectivity index (χ4v) is 2.69. The lowest BCUT2D eigenvalue weighted by atomic mass is 10.0. The number of likely N-dealkylation sites (N-methyl/N-ethyl adjacent to an activating group) is 1. The summed E-state index contributed by atoms with van der Waals surface area (Å²) in [7, 11) is 2.20. The van der Waals surface area contributed by atoms with Crippen LogP contribution in [0.2, 0.25) is 0 Å². The second-order valence-electron chi connectivity index (χ2n) is 3.22. The molecule has 1 nitrogen and oxygen atoms in total. The number of thiophene rings is 1. The zero-order valence-corrected chi connectivity index (χ0v) is 7.82. The van der Waals surface area contributed by atoms with Crippen LogP contribution in [0.25, 0.3) is 0 Å². The van der Waals surface area contributed by atoms with Gasteiger partial charge in [-0.1, -0.05) is 0 Å². The van der Waals surface area contributed by atoms with E-state index in [1.165, 1.54) is 13.0 Å². The molecule has 0 aromatic carbocycles. The summed E-state index contributed by atoms with van der Waals surface area (Å²) in [6, 6.07) is 2.91. The van der Waals surface area contributed by atoms with E-state index < -0.39 is 0 Å². The van der Waals surface area contributed by atoms with Crippen molar-refractivity contribution in [2.75, 3.05) is 13.6 Å². The Kier molecular flexibility index (Phi) is 1.74. The van der Waals surface area contributed by atoms with Crippen LogP contribution < -0.4 is 0 Å². The Bertz CT molecular complexity index is 254. The molecule has 2 rings (SSSR count). The predicted molar refractivity (Wildman–Crippen MR) is 49.1 cm³/mol. The first-order valence-corrected chi connectivity index (χ1v) is 4.93. The Morgan fingerprint density at radius 2 is 2.45 bits per heavy atom. The number of hydrogen-bond donors (Lipinski definition) is 0. The van der Waals surface area contributed by atoms with Crippen molar-refractivity contribution < 1.29 is 0 Å². The van der Waals surface area contributed by atoms with Crippen molar-refractivity contribution in [1.29, 1.82) is 0 Å². The normalized spacial score (nSPS) is 25.1. The van der Waals surface area contributed by atoms with Crippen LogP contribution >= 0.6 is 11.3 Å². The topological polar surface area (TPSA) is 3.24 Å². The second-order valence-corrected chi connectivity index (χ2v) is 4.16. The highest BCUT2D eigenvalue weighted by Crippen LogP contribution is 2.31. The number of rotatable bonds is 0. The number of fused-ring (bicyclic) bond motifs is 1. The van der Waals surface area contributed by atoms with Gasteiger partial charge in [0.2, 0.25) is 0 Å². The SMILES string of the molecule is CC1c2sccc2CCN1C. The van der Waals surface area contributed by atoms with Crippen molar-refractivity contribution in [2.45, 2.75) is 19.4 Å². The third kappa shape index (κ3) is 1.10. The molecule has 1 aliphatic heterocycles. The molecular weight excluding hydrogens is 154 g/mol. The van der Waals surface area contributed by atoms with E-state index in [9.17, 15) is 0 Å². The van der Waals surface area contributed by atoms with Crippen molar-refractivity contribution in [3.05, 3.63) is 21.9 Å². The summed E-state index contributed by atoms with van der Waals surface area (Å²) < 4.78 is 0. The summed E-state index contributed by atoms with van der Waals surface area (Å²) in [5.41, 5.74) is 1.57. The lowest BCUT2D eigenvalue weighted by molar-refractivity contribution is 0.252. The molecule has 0 aliphatic carbocycles. The summed E-state index contributed by atoms with van der Waals surface area (Å²) in [6.45, 7) is 3.50. The van der Waals surface area contributed by atoms with E-state index in [0.717, 1.165) is 0 Å². The highest BCUT2D eigenvalue weighted by atomic mass is 32.1. The molecular formula is C9H13NS. The monoisotopic (exact) mass is 167 g/mol. The molecule has 0 saturated heterocycles. The molecule has 1 aliphatic rings. The third-order valence-corrected chi connectivity index (χ3v) is 3.68. The van der Waals surface area contributed by atoms with Gasteiger partial charge in [0.05, 0.1) is 0 Å². The molecule has 1 aromatic rings. The fourth-order valence-electron chi connectivity index (χ4n) is 1.61. The van der Waals surface area contributed by atoms with Gasteiger partial charge in [-0.3, -0.25) is 4.90 Å². The summed E-state index contributed by atoms with van der Waals surface area (Å²) >= 11 is 1.90. The van der Waals surface area contributed by atoms with E-state index >= 15 is 0 Å². The second kappa shape index (κ2) is 2.61. The minimum Gasteiger partial charge on any atom is -0.298 e. The zero-order valence-electron chi connectivity index (χ0n) is 7.00. The molecule has 0 spiro atoms. The molecule has 1 atom stereocenters. The van der Waals surface area contributed by atoms with Crippen LogP contribution in [0.1, 0.15) is 23.4 Å². The van der Waals surface area contributed by atoms with Crippen LogP contribution in [0.3, 0.4) is 0 Å². The van der Waals surface area contributed by atoms with Crippen LogP contribution in [0.4, 0.5) is 0 Å². The average Bonchev–Trinajstić information content (AvgIpc) is 2.45. The largest absolute Gasteiger partial charge is 0.298 e. The van der Waals surface area contributed by atoms with Gasteiger partial charge in [-0.15, -0.1) is 11.3 Å². The minimum atomic E-state index is 0.638. The molecule has 1 aromatic heterocycles. The van der Waals surface area contributed by atoms with Crippen LogP contribution in [-0.2, 0) is 6.42 Å². The van der Waals surface area contributed by atoms with Crippen molar-refractivity contribution in [1.82, 2.24) is 4.90 Å². The smallest absolute Gasteiger partial charge is 0.0413 e. The highest BCUT2D eigenvalue weighted by Gasteiger charge is 2.21. The molecule has 0 fully saturated rings. The molecule has 60 valence electrons. The van der Waals surface area contributed by atoms with Crippen molar-refractivity contribution in [2.24, 2.45) is 0 Å². The predicted octanol–water partition coefficient (Wildman–Crippen LogP) is 2.30. The molecule has 0 bridgehead atoms. The van der Waals surface area contributed by atoms with Crippen LogP contribution in [0.15, 0.2) is 11.4 Å². The average molecular weight is 167 g/mol. The highest BCUT2D eigenvalue weighted by molar-refractivity contribution is 7.10. The molecule has 2 heteroatoms. The minimum absolute atomic E-state index is 0.638. The quantitative estimate of drug-likeness (QED) is 0.573. The number of nitrogens with zero attached hydrogens (tertiary/aromatic N) is 1. The van der Waals surface area contributed by atoms with E-state index in [0.29, 0.717) is 6.04 Å². The Morgan fingerprint density at radius 1 is 1.64 bits per heavy atom. The van der Waals surface area contributed by atoms with Gasteiger partial charge in [-0.2, -0.15) is 0 Å². The maximum atomic E-state index is 2.42. The summed E-state index contributed by atoms with van der Waals surface area (Å²) in [5.74, 6) is 0. The zero-order chi connectivity index (χ0) is 7.84. The molecule has 0 N–H and O–H groups in total. The van der Waals surface area contributed by atoms with Gasteiger partial charge >= 0.3 is 0 Å². The maximum Gasteiger partial charge on any atom is 0.0413 e. The van der Waals surface area contributed by atoms with E-state index in [1.807, 2.05) is 11.3 Å². The molecule has 0 radical (unpaired) electrons. The fraction of sp³-hybridized carbons (Fsp3) is 0.556. The maximum absolute atomic E-state index is 2.42. The van der Waals surface area contributed by atoms with Gasteiger partial charge in [0.15, 0.2) is 0 Å². The van der Waals surface area contributed by atoms with Gasteiger partial charge < -0.3 is 0 Å². The first-order chi connectivity index (χ1) is 5.29. The molecule has 2 heterocycles. The van der Waals surface area contributed by atoms with Gasteiger partial charge in [0, 0.05) is 17.5 Å².